The fourth-order valence-corrected chi connectivity index (χ4v) is 8.02. The van der Waals surface area contributed by atoms with Crippen LogP contribution in [0.4, 0.5) is 11.4 Å². The van der Waals surface area contributed by atoms with Crippen LogP contribution in [0.5, 0.6) is 5.75 Å². The number of anilines is 2. The molecular weight excluding hydrogens is 570 g/mol. The molecule has 0 saturated carbocycles. The summed E-state index contributed by atoms with van der Waals surface area (Å²) in [5.74, 6) is -2.03. The predicted octanol–water partition coefficient (Wildman–Crippen LogP) is 5.38. The molecule has 0 aliphatic carbocycles. The van der Waals surface area contributed by atoms with E-state index in [9.17, 15) is 19.5 Å². The molecule has 3 saturated heterocycles. The third-order valence-electron chi connectivity index (χ3n) is 10.4. The van der Waals surface area contributed by atoms with Crippen molar-refractivity contribution in [2.45, 2.75) is 76.7 Å². The second kappa shape index (κ2) is 12.1. The fraction of sp³-hybridized carbons (Fsp3) is 0.472. The zero-order chi connectivity index (χ0) is 31.9. The van der Waals surface area contributed by atoms with Gasteiger partial charge in [0.15, 0.2) is 0 Å². The maximum absolute atomic E-state index is 14.6. The molecule has 9 nitrogen and oxygen atoms in total. The highest BCUT2D eigenvalue weighted by Gasteiger charge is 2.79. The molecule has 3 aliphatic heterocycles. The second-order valence-electron chi connectivity index (χ2n) is 12.7. The lowest BCUT2D eigenvalue weighted by atomic mass is 9.65. The highest BCUT2D eigenvalue weighted by molar-refractivity contribution is 6.06. The minimum absolute atomic E-state index is 0.0846. The molecule has 238 valence electrons. The van der Waals surface area contributed by atoms with Crippen molar-refractivity contribution in [1.82, 2.24) is 4.90 Å². The average molecular weight is 614 g/mol. The van der Waals surface area contributed by atoms with Gasteiger partial charge in [-0.25, -0.2) is 0 Å². The normalized spacial score (nSPS) is 28.2. The van der Waals surface area contributed by atoms with Crippen molar-refractivity contribution in [3.63, 3.8) is 0 Å². The first-order valence-corrected chi connectivity index (χ1v) is 16.2. The highest BCUT2D eigenvalue weighted by Crippen LogP contribution is 2.65. The molecule has 3 heterocycles. The molecule has 9 heteroatoms. The zero-order valence-electron chi connectivity index (χ0n) is 26.4. The van der Waals surface area contributed by atoms with E-state index in [2.05, 4.69) is 10.6 Å². The van der Waals surface area contributed by atoms with Gasteiger partial charge in [0.05, 0.1) is 36.7 Å². The van der Waals surface area contributed by atoms with Crippen LogP contribution in [0.25, 0.3) is 10.8 Å². The molecule has 45 heavy (non-hydrogen) atoms. The zero-order valence-corrected chi connectivity index (χ0v) is 26.4. The van der Waals surface area contributed by atoms with Crippen LogP contribution < -0.4 is 15.4 Å². The Morgan fingerprint density at radius 2 is 1.67 bits per heavy atom. The van der Waals surface area contributed by atoms with E-state index in [1.165, 1.54) is 0 Å². The van der Waals surface area contributed by atoms with Crippen LogP contribution in [-0.4, -0.2) is 64.2 Å². The summed E-state index contributed by atoms with van der Waals surface area (Å²) in [5, 5.41) is 18.7. The molecule has 3 aromatic carbocycles. The molecule has 0 radical (unpaired) electrons. The summed E-state index contributed by atoms with van der Waals surface area (Å²) in [6, 6.07) is 19.1. The van der Waals surface area contributed by atoms with Crippen LogP contribution in [0.15, 0.2) is 66.7 Å². The number of likely N-dealkylation sites (tertiary alicyclic amines) is 1. The Kier molecular flexibility index (Phi) is 8.35. The van der Waals surface area contributed by atoms with Gasteiger partial charge in [0.1, 0.15) is 17.4 Å². The summed E-state index contributed by atoms with van der Waals surface area (Å²) in [4.78, 5) is 44.8. The summed E-state index contributed by atoms with van der Waals surface area (Å²) in [6.45, 7) is 8.08. The number of rotatable bonds is 11. The van der Waals surface area contributed by atoms with Crippen LogP contribution in [0.2, 0.25) is 0 Å². The molecule has 6 rings (SSSR count). The van der Waals surface area contributed by atoms with E-state index >= 15 is 0 Å². The maximum Gasteiger partial charge on any atom is 0.250 e. The highest BCUT2D eigenvalue weighted by atomic mass is 16.5. The SMILES string of the molecule is CCOc1ccc(NC(=O)[C@@H]2[C@H]3C(=O)N([C@@H](CO)[C@@H](C)CC)C(C(=O)Nc4ccc5ccccc5c4)C34CC[C@@]2(CC)O4)cc1. The van der Waals surface area contributed by atoms with E-state index in [4.69, 9.17) is 9.47 Å². The van der Waals surface area contributed by atoms with E-state index in [-0.39, 0.29) is 30.2 Å². The van der Waals surface area contributed by atoms with Crippen LogP contribution >= 0.6 is 0 Å². The summed E-state index contributed by atoms with van der Waals surface area (Å²) < 4.78 is 12.4. The second-order valence-corrected chi connectivity index (χ2v) is 12.7. The van der Waals surface area contributed by atoms with Gasteiger partial charge in [-0.05, 0) is 79.3 Å². The topological polar surface area (TPSA) is 117 Å². The summed E-state index contributed by atoms with van der Waals surface area (Å²) in [6.07, 6.45) is 2.24. The van der Waals surface area contributed by atoms with Crippen molar-refractivity contribution in [2.24, 2.45) is 17.8 Å². The molecule has 3 aromatic rings. The quantitative estimate of drug-likeness (QED) is 0.268. The summed E-state index contributed by atoms with van der Waals surface area (Å²) in [7, 11) is 0. The number of ether oxygens (including phenoxy) is 2. The smallest absolute Gasteiger partial charge is 0.250 e. The third-order valence-corrected chi connectivity index (χ3v) is 10.4. The number of benzene rings is 3. The summed E-state index contributed by atoms with van der Waals surface area (Å²) in [5.41, 5.74) is -0.880. The standard InChI is InChI=1S/C36H43N3O6/c1-5-22(4)28(21-40)39-31(33(42)38-26-13-12-23-10-8-9-11-24(23)20-26)36-19-18-35(6-2,45-36)29(30(36)34(39)43)32(41)37-25-14-16-27(17-15-25)44-7-3/h8-17,20,22,28-31,40H,5-7,18-19,21H2,1-4H3,(H,37,41)(H,38,42)/t22-,28-,29-,30-,31?,35+,36?/m0/s1. The maximum atomic E-state index is 14.6. The first-order chi connectivity index (χ1) is 21.7. The number of amides is 3. The molecule has 3 fully saturated rings. The van der Waals surface area contributed by atoms with E-state index in [1.54, 1.807) is 29.2 Å². The van der Waals surface area contributed by atoms with Crippen LogP contribution in [0.1, 0.15) is 53.4 Å². The first-order valence-electron chi connectivity index (χ1n) is 16.2. The Balaban J connectivity index is 1.38. The Morgan fingerprint density at radius 3 is 2.33 bits per heavy atom. The van der Waals surface area contributed by atoms with Crippen LogP contribution in [-0.2, 0) is 19.1 Å². The van der Waals surface area contributed by atoms with Gasteiger partial charge in [-0.15, -0.1) is 0 Å². The Morgan fingerprint density at radius 1 is 0.978 bits per heavy atom. The number of nitrogens with zero attached hydrogens (tertiary/aromatic N) is 1. The van der Waals surface area contributed by atoms with Crippen molar-refractivity contribution in [1.29, 1.82) is 0 Å². The van der Waals surface area contributed by atoms with E-state index < -0.39 is 35.1 Å². The molecule has 2 bridgehead atoms. The monoisotopic (exact) mass is 613 g/mol. The van der Waals surface area contributed by atoms with E-state index in [0.29, 0.717) is 49.4 Å². The van der Waals surface area contributed by atoms with E-state index in [0.717, 1.165) is 10.8 Å². The molecule has 7 atom stereocenters. The lowest BCUT2D eigenvalue weighted by Gasteiger charge is -2.39. The fourth-order valence-electron chi connectivity index (χ4n) is 8.02. The third kappa shape index (κ3) is 5.06. The average Bonchev–Trinajstić information content (AvgIpc) is 3.66. The molecule has 3 N–H and O–H groups in total. The molecule has 2 unspecified atom stereocenters. The number of fused-ring (bicyclic) bond motifs is 2. The molecule has 3 amide bonds. The lowest BCUT2D eigenvalue weighted by molar-refractivity contribution is -0.149. The van der Waals surface area contributed by atoms with Crippen LogP contribution in [0.3, 0.4) is 0 Å². The first kappa shape index (κ1) is 31.0. The Hall–Kier alpha value is -3.95. The molecule has 3 aliphatic rings. The van der Waals surface area contributed by atoms with Gasteiger partial charge >= 0.3 is 0 Å². The van der Waals surface area contributed by atoms with Gasteiger partial charge in [-0.2, -0.15) is 0 Å². The van der Waals surface area contributed by atoms with Crippen LogP contribution in [0, 0.1) is 17.8 Å². The Labute approximate surface area is 264 Å². The van der Waals surface area contributed by atoms with Crippen molar-refractivity contribution in [3.05, 3.63) is 66.7 Å². The number of carbonyl (C=O) groups excluding carboxylic acids is 3. The molecular formula is C36H43N3O6. The largest absolute Gasteiger partial charge is 0.494 e. The van der Waals surface area contributed by atoms with Gasteiger partial charge in [-0.1, -0.05) is 57.5 Å². The van der Waals surface area contributed by atoms with Gasteiger partial charge in [0.25, 0.3) is 0 Å². The lowest BCUT2D eigenvalue weighted by Crippen LogP contribution is -2.57. The minimum Gasteiger partial charge on any atom is -0.494 e. The van der Waals surface area contributed by atoms with Crippen molar-refractivity contribution >= 4 is 39.9 Å². The summed E-state index contributed by atoms with van der Waals surface area (Å²) >= 11 is 0. The number of hydrogen-bond acceptors (Lipinski definition) is 6. The van der Waals surface area contributed by atoms with Crippen molar-refractivity contribution < 1.29 is 29.0 Å². The molecule has 1 spiro atoms. The van der Waals surface area contributed by atoms with Gasteiger partial charge in [0, 0.05) is 11.4 Å². The van der Waals surface area contributed by atoms with Crippen molar-refractivity contribution in [2.75, 3.05) is 23.8 Å². The predicted molar refractivity (Wildman–Crippen MR) is 173 cm³/mol. The number of aliphatic hydroxyl groups is 1. The number of aliphatic hydroxyl groups excluding tert-OH is 1. The van der Waals surface area contributed by atoms with Gasteiger partial charge in [0.2, 0.25) is 17.7 Å². The Bertz CT molecular complexity index is 1590. The minimum atomic E-state index is -1.20. The molecule has 0 aromatic heterocycles. The number of carbonyl (C=O) groups is 3. The van der Waals surface area contributed by atoms with E-state index in [1.807, 2.05) is 70.2 Å². The van der Waals surface area contributed by atoms with Crippen molar-refractivity contribution in [3.8, 4) is 5.75 Å². The number of hydrogen-bond donors (Lipinski definition) is 3. The van der Waals surface area contributed by atoms with Gasteiger partial charge in [-0.3, -0.25) is 14.4 Å². The van der Waals surface area contributed by atoms with Gasteiger partial charge < -0.3 is 30.1 Å². The number of nitrogens with one attached hydrogen (secondary N) is 2.